The van der Waals surface area contributed by atoms with Gasteiger partial charge in [-0.05, 0) is 41.7 Å². The maximum Gasteiger partial charge on any atom is 0.408 e. The van der Waals surface area contributed by atoms with Gasteiger partial charge in [0.1, 0.15) is 11.0 Å². The molecule has 5 nitrogen and oxygen atoms in total. The van der Waals surface area contributed by atoms with Gasteiger partial charge in [0.15, 0.2) is 0 Å². The van der Waals surface area contributed by atoms with Crippen molar-refractivity contribution in [3.05, 3.63) is 21.0 Å². The van der Waals surface area contributed by atoms with Gasteiger partial charge in [-0.1, -0.05) is 0 Å². The summed E-state index contributed by atoms with van der Waals surface area (Å²) < 4.78 is 37.3. The SMILES string of the molecule is O=c1c(Br)c(NCC[C@@H]2CCCN2)cnn1CC(F)(F)F. The van der Waals surface area contributed by atoms with Gasteiger partial charge in [-0.25, -0.2) is 4.68 Å². The van der Waals surface area contributed by atoms with Gasteiger partial charge in [0.2, 0.25) is 0 Å². The molecule has 2 N–H and O–H groups in total. The monoisotopic (exact) mass is 368 g/mol. The second-order valence-electron chi connectivity index (χ2n) is 4.96. The minimum absolute atomic E-state index is 0.0705. The molecule has 1 aromatic rings. The summed E-state index contributed by atoms with van der Waals surface area (Å²) in [4.78, 5) is 11.8. The summed E-state index contributed by atoms with van der Waals surface area (Å²) in [6.07, 6.45) is -0.0750. The first-order valence-electron chi connectivity index (χ1n) is 6.66. The van der Waals surface area contributed by atoms with E-state index in [1.54, 1.807) is 0 Å². The summed E-state index contributed by atoms with van der Waals surface area (Å²) in [5, 5.41) is 9.92. The lowest BCUT2D eigenvalue weighted by atomic mass is 10.1. The van der Waals surface area contributed by atoms with Crippen LogP contribution >= 0.6 is 15.9 Å². The number of nitrogens with one attached hydrogen (secondary N) is 2. The van der Waals surface area contributed by atoms with Crippen molar-refractivity contribution < 1.29 is 13.2 Å². The van der Waals surface area contributed by atoms with Gasteiger partial charge >= 0.3 is 6.18 Å². The molecule has 0 bridgehead atoms. The molecule has 0 aromatic carbocycles. The fraction of sp³-hybridized carbons (Fsp3) is 0.667. The van der Waals surface area contributed by atoms with Gasteiger partial charge < -0.3 is 10.6 Å². The fourth-order valence-electron chi connectivity index (χ4n) is 2.25. The van der Waals surface area contributed by atoms with E-state index in [9.17, 15) is 18.0 Å². The molecule has 0 spiro atoms. The first-order chi connectivity index (χ1) is 9.87. The van der Waals surface area contributed by atoms with Crippen LogP contribution < -0.4 is 16.2 Å². The highest BCUT2D eigenvalue weighted by molar-refractivity contribution is 9.10. The molecule has 0 aliphatic carbocycles. The molecule has 1 aliphatic rings. The molecule has 1 atom stereocenters. The smallest absolute Gasteiger partial charge is 0.383 e. The van der Waals surface area contributed by atoms with E-state index in [4.69, 9.17) is 0 Å². The number of aromatic nitrogens is 2. The lowest BCUT2D eigenvalue weighted by molar-refractivity contribution is -0.143. The molecule has 2 heterocycles. The van der Waals surface area contributed by atoms with Crippen LogP contribution in [0.4, 0.5) is 18.9 Å². The van der Waals surface area contributed by atoms with E-state index in [1.165, 1.54) is 6.20 Å². The van der Waals surface area contributed by atoms with Crippen molar-refractivity contribution in [3.63, 3.8) is 0 Å². The summed E-state index contributed by atoms with van der Waals surface area (Å²) in [5.41, 5.74) is -0.382. The zero-order chi connectivity index (χ0) is 15.5. The molecular weight excluding hydrogens is 353 g/mol. The fourth-order valence-corrected chi connectivity index (χ4v) is 2.70. The third-order valence-corrected chi connectivity index (χ3v) is 4.05. The van der Waals surface area contributed by atoms with Crippen molar-refractivity contribution >= 4 is 21.6 Å². The second kappa shape index (κ2) is 6.78. The van der Waals surface area contributed by atoms with E-state index < -0.39 is 18.3 Å². The average Bonchev–Trinajstić information content (AvgIpc) is 2.89. The lowest BCUT2D eigenvalue weighted by Crippen LogP contribution is -2.31. The van der Waals surface area contributed by atoms with Crippen LogP contribution in [0.3, 0.4) is 0 Å². The van der Waals surface area contributed by atoms with Crippen molar-refractivity contribution in [3.8, 4) is 0 Å². The van der Waals surface area contributed by atoms with Crippen LogP contribution in [0.5, 0.6) is 0 Å². The minimum Gasteiger partial charge on any atom is -0.383 e. The maximum absolute atomic E-state index is 12.3. The Labute approximate surface area is 128 Å². The van der Waals surface area contributed by atoms with Crippen LogP contribution in [-0.2, 0) is 6.54 Å². The molecule has 0 radical (unpaired) electrons. The third kappa shape index (κ3) is 4.70. The molecule has 9 heteroatoms. The zero-order valence-electron chi connectivity index (χ0n) is 11.2. The molecule has 0 saturated carbocycles. The minimum atomic E-state index is -4.47. The van der Waals surface area contributed by atoms with Crippen LogP contribution in [0.1, 0.15) is 19.3 Å². The number of rotatable bonds is 5. The number of alkyl halides is 3. The summed E-state index contributed by atoms with van der Waals surface area (Å²) in [5.74, 6) is 0. The average molecular weight is 369 g/mol. The highest BCUT2D eigenvalue weighted by Crippen LogP contribution is 2.19. The zero-order valence-corrected chi connectivity index (χ0v) is 12.8. The molecule has 21 heavy (non-hydrogen) atoms. The van der Waals surface area contributed by atoms with Gasteiger partial charge in [-0.15, -0.1) is 0 Å². The molecule has 1 aliphatic heterocycles. The van der Waals surface area contributed by atoms with Gasteiger partial charge in [0.05, 0.1) is 11.9 Å². The number of hydrogen-bond donors (Lipinski definition) is 2. The van der Waals surface area contributed by atoms with Gasteiger partial charge in [0.25, 0.3) is 5.56 Å². The van der Waals surface area contributed by atoms with Crippen molar-refractivity contribution in [1.82, 2.24) is 15.1 Å². The van der Waals surface area contributed by atoms with Crippen LogP contribution in [0, 0.1) is 0 Å². The molecule has 0 amide bonds. The Morgan fingerprint density at radius 1 is 1.52 bits per heavy atom. The summed E-state index contributed by atoms with van der Waals surface area (Å²) in [7, 11) is 0. The molecule has 0 unspecified atom stereocenters. The van der Waals surface area contributed by atoms with Crippen molar-refractivity contribution in [2.24, 2.45) is 0 Å². The summed E-state index contributed by atoms with van der Waals surface area (Å²) >= 11 is 3.03. The van der Waals surface area contributed by atoms with Crippen molar-refractivity contribution in [2.45, 2.75) is 38.0 Å². The Morgan fingerprint density at radius 3 is 2.90 bits per heavy atom. The largest absolute Gasteiger partial charge is 0.408 e. The third-order valence-electron chi connectivity index (χ3n) is 3.28. The first-order valence-corrected chi connectivity index (χ1v) is 7.46. The van der Waals surface area contributed by atoms with Gasteiger partial charge in [-0.3, -0.25) is 4.79 Å². The quantitative estimate of drug-likeness (QED) is 0.835. The van der Waals surface area contributed by atoms with Crippen molar-refractivity contribution in [2.75, 3.05) is 18.4 Å². The lowest BCUT2D eigenvalue weighted by Gasteiger charge is -2.13. The molecule has 1 saturated heterocycles. The second-order valence-corrected chi connectivity index (χ2v) is 5.75. The Kier molecular flexibility index (Phi) is 5.26. The van der Waals surface area contributed by atoms with E-state index in [0.717, 1.165) is 25.8 Å². The molecule has 1 fully saturated rings. The number of hydrogen-bond acceptors (Lipinski definition) is 4. The van der Waals surface area contributed by atoms with Crippen LogP contribution in [0.25, 0.3) is 0 Å². The molecule has 2 rings (SSSR count). The standard InChI is InChI=1S/C12H16BrF3N4O/c13-10-9(18-5-3-8-2-1-4-17-8)6-19-20(11(10)21)7-12(14,15)16/h6,8,17-18H,1-5,7H2/t8-/m0/s1. The Hall–Kier alpha value is -1.09. The molecular formula is C12H16BrF3N4O. The maximum atomic E-state index is 12.3. The predicted octanol–water partition coefficient (Wildman–Crippen LogP) is 2.12. The highest BCUT2D eigenvalue weighted by Gasteiger charge is 2.29. The van der Waals surface area contributed by atoms with E-state index in [2.05, 4.69) is 31.7 Å². The topological polar surface area (TPSA) is 59.0 Å². The van der Waals surface area contributed by atoms with E-state index in [-0.39, 0.29) is 4.47 Å². The van der Waals surface area contributed by atoms with Crippen LogP contribution in [0.2, 0.25) is 0 Å². The Morgan fingerprint density at radius 2 is 2.29 bits per heavy atom. The summed E-state index contributed by atoms with van der Waals surface area (Å²) in [6.45, 7) is 0.251. The highest BCUT2D eigenvalue weighted by atomic mass is 79.9. The predicted molar refractivity (Wildman–Crippen MR) is 76.4 cm³/mol. The van der Waals surface area contributed by atoms with Crippen molar-refractivity contribution in [1.29, 1.82) is 0 Å². The summed E-state index contributed by atoms with van der Waals surface area (Å²) in [6, 6.07) is 0.454. The molecule has 1 aromatic heterocycles. The van der Waals surface area contributed by atoms with Crippen LogP contribution in [0.15, 0.2) is 15.5 Å². The normalized spacial score (nSPS) is 19.0. The van der Waals surface area contributed by atoms with Crippen LogP contribution in [-0.4, -0.2) is 35.1 Å². The first kappa shape index (κ1) is 16.3. The number of anilines is 1. The van der Waals surface area contributed by atoms with Gasteiger partial charge in [0, 0.05) is 12.6 Å². The van der Waals surface area contributed by atoms with Gasteiger partial charge in [-0.2, -0.15) is 18.3 Å². The van der Waals surface area contributed by atoms with E-state index >= 15 is 0 Å². The van der Waals surface area contributed by atoms with E-state index in [0.29, 0.717) is 23.0 Å². The van der Waals surface area contributed by atoms with E-state index in [1.807, 2.05) is 0 Å². The molecule has 118 valence electrons. The Balaban J connectivity index is 1.97. The number of nitrogens with zero attached hydrogens (tertiary/aromatic N) is 2. The Bertz CT molecular complexity index is 540. The number of halogens is 4.